The summed E-state index contributed by atoms with van der Waals surface area (Å²) in [7, 11) is 0. The fourth-order valence-corrected chi connectivity index (χ4v) is 3.29. The molecule has 0 saturated carbocycles. The third-order valence-electron chi connectivity index (χ3n) is 3.90. The van der Waals surface area contributed by atoms with Crippen molar-refractivity contribution in [3.05, 3.63) is 70.4 Å². The maximum atomic E-state index is 15.1. The lowest BCUT2D eigenvalue weighted by molar-refractivity contribution is -0.202. The molecular formula is C16H12F5N3OS. The van der Waals surface area contributed by atoms with Crippen LogP contribution in [0.2, 0.25) is 0 Å². The molecule has 3 rings (SSSR count). The fraction of sp³-hybridized carbons (Fsp3) is 0.250. The van der Waals surface area contributed by atoms with Gasteiger partial charge in [-0.3, -0.25) is 0 Å². The van der Waals surface area contributed by atoms with Gasteiger partial charge in [-0.1, -0.05) is 18.2 Å². The van der Waals surface area contributed by atoms with E-state index in [1.807, 2.05) is 0 Å². The molecule has 0 bridgehead atoms. The van der Waals surface area contributed by atoms with E-state index in [0.29, 0.717) is 12.1 Å². The van der Waals surface area contributed by atoms with Gasteiger partial charge in [-0.25, -0.2) is 9.67 Å². The second kappa shape index (κ2) is 6.44. The Labute approximate surface area is 148 Å². The van der Waals surface area contributed by atoms with E-state index < -0.39 is 34.7 Å². The van der Waals surface area contributed by atoms with E-state index in [0.717, 1.165) is 46.9 Å². The van der Waals surface area contributed by atoms with Gasteiger partial charge in [-0.05, 0) is 29.1 Å². The molecule has 0 aliphatic rings. The Bertz CT molecular complexity index is 847. The van der Waals surface area contributed by atoms with Crippen LogP contribution < -0.4 is 0 Å². The van der Waals surface area contributed by atoms with Crippen molar-refractivity contribution < 1.29 is 27.1 Å². The topological polar surface area (TPSA) is 50.9 Å². The minimum absolute atomic E-state index is 0.362. The molecule has 1 aromatic carbocycles. The van der Waals surface area contributed by atoms with Crippen LogP contribution in [0.1, 0.15) is 16.0 Å². The van der Waals surface area contributed by atoms with Crippen LogP contribution in [-0.2, 0) is 24.2 Å². The van der Waals surface area contributed by atoms with E-state index in [4.69, 9.17) is 0 Å². The first kappa shape index (κ1) is 18.5. The number of halogens is 5. The molecular weight excluding hydrogens is 377 g/mol. The molecule has 3 aromatic rings. The first-order valence-electron chi connectivity index (χ1n) is 7.29. The zero-order valence-electron chi connectivity index (χ0n) is 13.0. The average molecular weight is 389 g/mol. The highest BCUT2D eigenvalue weighted by Crippen LogP contribution is 2.48. The Balaban J connectivity index is 2.09. The maximum absolute atomic E-state index is 15.1. The standard InChI is InChI=1S/C16H12F5N3OS/c17-15(18,13-2-1-7-26-13)14(25,8-24-10-22-9-23-24)11-3-5-12(6-4-11)16(19,20)21/h1-7,9-10,25H,8H2. The Morgan fingerprint density at radius 3 is 2.15 bits per heavy atom. The third-order valence-corrected chi connectivity index (χ3v) is 4.84. The van der Waals surface area contributed by atoms with E-state index in [2.05, 4.69) is 10.1 Å². The number of aromatic nitrogens is 3. The lowest BCUT2D eigenvalue weighted by Gasteiger charge is -2.35. The summed E-state index contributed by atoms with van der Waals surface area (Å²) in [4.78, 5) is 3.22. The van der Waals surface area contributed by atoms with Crippen LogP contribution in [0, 0.1) is 0 Å². The molecule has 2 heterocycles. The molecule has 1 N–H and O–H groups in total. The number of aliphatic hydroxyl groups is 1. The van der Waals surface area contributed by atoms with Gasteiger partial charge in [0.05, 0.1) is 17.0 Å². The van der Waals surface area contributed by atoms with Crippen LogP contribution in [0.25, 0.3) is 0 Å². The second-order valence-electron chi connectivity index (χ2n) is 5.58. The molecule has 1 unspecified atom stereocenters. The van der Waals surface area contributed by atoms with E-state index in [1.54, 1.807) is 0 Å². The summed E-state index contributed by atoms with van der Waals surface area (Å²) in [5.74, 6) is -3.77. The van der Waals surface area contributed by atoms with Crippen molar-refractivity contribution in [1.82, 2.24) is 14.8 Å². The molecule has 0 aliphatic heterocycles. The van der Waals surface area contributed by atoms with Crippen LogP contribution in [0.15, 0.2) is 54.4 Å². The van der Waals surface area contributed by atoms with Gasteiger partial charge in [0.15, 0.2) is 5.60 Å². The molecule has 26 heavy (non-hydrogen) atoms. The molecule has 138 valence electrons. The van der Waals surface area contributed by atoms with Gasteiger partial charge >= 0.3 is 12.1 Å². The minimum atomic E-state index is -4.61. The highest BCUT2D eigenvalue weighted by atomic mass is 32.1. The normalized spacial score (nSPS) is 15.0. The average Bonchev–Trinajstić information content (AvgIpc) is 3.27. The second-order valence-corrected chi connectivity index (χ2v) is 6.53. The van der Waals surface area contributed by atoms with Crippen LogP contribution in [-0.4, -0.2) is 19.9 Å². The number of nitrogens with zero attached hydrogens (tertiary/aromatic N) is 3. The Hall–Kier alpha value is -2.33. The highest BCUT2D eigenvalue weighted by Gasteiger charge is 2.56. The van der Waals surface area contributed by atoms with Gasteiger partial charge in [0.2, 0.25) is 0 Å². The smallest absolute Gasteiger partial charge is 0.377 e. The van der Waals surface area contributed by atoms with Gasteiger partial charge in [0.1, 0.15) is 12.7 Å². The molecule has 0 radical (unpaired) electrons. The predicted octanol–water partition coefficient (Wildman–Crippen LogP) is 4.04. The molecule has 0 fully saturated rings. The quantitative estimate of drug-likeness (QED) is 0.670. The number of hydrogen-bond donors (Lipinski definition) is 1. The Kier molecular flexibility index (Phi) is 4.57. The van der Waals surface area contributed by atoms with Gasteiger partial charge in [-0.15, -0.1) is 11.3 Å². The molecule has 0 amide bonds. The molecule has 1 atom stereocenters. The van der Waals surface area contributed by atoms with Crippen LogP contribution in [0.4, 0.5) is 22.0 Å². The summed E-state index contributed by atoms with van der Waals surface area (Å²) < 4.78 is 69.5. The van der Waals surface area contributed by atoms with Crippen molar-refractivity contribution in [3.63, 3.8) is 0 Å². The van der Waals surface area contributed by atoms with Crippen molar-refractivity contribution in [1.29, 1.82) is 0 Å². The summed E-state index contributed by atoms with van der Waals surface area (Å²) in [6.45, 7) is -0.691. The molecule has 0 spiro atoms. The SMILES string of the molecule is OC(Cn1cncn1)(c1ccc(C(F)(F)F)cc1)C(F)(F)c1cccs1. The number of thiophene rings is 1. The van der Waals surface area contributed by atoms with Crippen molar-refractivity contribution in [2.24, 2.45) is 0 Å². The predicted molar refractivity (Wildman–Crippen MR) is 83.6 cm³/mol. The summed E-state index contributed by atoms with van der Waals surface area (Å²) >= 11 is 0.736. The van der Waals surface area contributed by atoms with Crippen molar-refractivity contribution in [3.8, 4) is 0 Å². The van der Waals surface area contributed by atoms with Crippen LogP contribution in [0.5, 0.6) is 0 Å². The number of alkyl halides is 5. The monoisotopic (exact) mass is 389 g/mol. The summed E-state index contributed by atoms with van der Waals surface area (Å²) in [6.07, 6.45) is -2.37. The lowest BCUT2D eigenvalue weighted by atomic mass is 9.85. The zero-order valence-corrected chi connectivity index (χ0v) is 13.8. The molecule has 0 saturated heterocycles. The number of benzene rings is 1. The summed E-state index contributed by atoms with van der Waals surface area (Å²) in [5, 5.41) is 16.1. The van der Waals surface area contributed by atoms with Gasteiger partial charge in [0.25, 0.3) is 0 Å². The van der Waals surface area contributed by atoms with Gasteiger partial charge in [-0.2, -0.15) is 27.1 Å². The third kappa shape index (κ3) is 3.21. The molecule has 2 aromatic heterocycles. The van der Waals surface area contributed by atoms with Crippen molar-refractivity contribution in [2.75, 3.05) is 0 Å². The molecule has 4 nitrogen and oxygen atoms in total. The molecule has 0 aliphatic carbocycles. The van der Waals surface area contributed by atoms with E-state index in [1.165, 1.54) is 11.4 Å². The van der Waals surface area contributed by atoms with Crippen LogP contribution >= 0.6 is 11.3 Å². The Morgan fingerprint density at radius 1 is 1.00 bits per heavy atom. The van der Waals surface area contributed by atoms with Crippen molar-refractivity contribution >= 4 is 11.3 Å². The van der Waals surface area contributed by atoms with E-state index in [-0.39, 0.29) is 5.56 Å². The maximum Gasteiger partial charge on any atom is 0.416 e. The zero-order chi connectivity index (χ0) is 19.0. The lowest BCUT2D eigenvalue weighted by Crippen LogP contribution is -2.46. The Morgan fingerprint density at radius 2 is 1.65 bits per heavy atom. The number of rotatable bonds is 5. The van der Waals surface area contributed by atoms with E-state index in [9.17, 15) is 18.3 Å². The van der Waals surface area contributed by atoms with E-state index >= 15 is 8.78 Å². The first-order valence-corrected chi connectivity index (χ1v) is 8.17. The van der Waals surface area contributed by atoms with Gasteiger partial charge in [0, 0.05) is 0 Å². The fourth-order valence-electron chi connectivity index (χ4n) is 2.52. The largest absolute Gasteiger partial charge is 0.416 e. The van der Waals surface area contributed by atoms with Crippen LogP contribution in [0.3, 0.4) is 0 Å². The first-order chi connectivity index (χ1) is 12.1. The number of hydrogen-bond acceptors (Lipinski definition) is 4. The van der Waals surface area contributed by atoms with Gasteiger partial charge < -0.3 is 5.11 Å². The minimum Gasteiger partial charge on any atom is -0.377 e. The summed E-state index contributed by atoms with van der Waals surface area (Å²) in [5.41, 5.74) is -4.18. The van der Waals surface area contributed by atoms with Crippen molar-refractivity contribution in [2.45, 2.75) is 24.2 Å². The molecule has 10 heteroatoms. The summed E-state index contributed by atoms with van der Waals surface area (Å²) in [6, 6.07) is 5.57. The highest BCUT2D eigenvalue weighted by molar-refractivity contribution is 7.10.